The van der Waals surface area contributed by atoms with E-state index in [1.165, 1.54) is 27.3 Å². The number of hydrogen-bond acceptors (Lipinski definition) is 6. The molecule has 34 heavy (non-hydrogen) atoms. The Morgan fingerprint density at radius 3 is 2.24 bits per heavy atom. The first-order valence-corrected chi connectivity index (χ1v) is 12.2. The van der Waals surface area contributed by atoms with Crippen LogP contribution in [0.15, 0.2) is 47.4 Å². The number of ether oxygens (including phenoxy) is 2. The van der Waals surface area contributed by atoms with Gasteiger partial charge in [0.15, 0.2) is 0 Å². The van der Waals surface area contributed by atoms with Crippen LogP contribution in [-0.2, 0) is 16.6 Å². The molecule has 2 aromatic carbocycles. The van der Waals surface area contributed by atoms with Crippen molar-refractivity contribution in [3.8, 4) is 11.5 Å². The number of methoxy groups -OCH3 is 2. The summed E-state index contributed by atoms with van der Waals surface area (Å²) in [5.41, 5.74) is 0.935. The molecule has 1 aliphatic rings. The van der Waals surface area contributed by atoms with Gasteiger partial charge in [0.25, 0.3) is 5.91 Å². The molecule has 11 heteroatoms. The lowest BCUT2D eigenvalue weighted by atomic mass is 10.1. The van der Waals surface area contributed by atoms with Gasteiger partial charge in [-0.25, -0.2) is 17.5 Å². The van der Waals surface area contributed by atoms with Crippen molar-refractivity contribution in [1.29, 1.82) is 0 Å². The molecule has 0 atom stereocenters. The molecule has 1 saturated heterocycles. The number of amides is 3. The molecule has 0 saturated carbocycles. The van der Waals surface area contributed by atoms with Crippen molar-refractivity contribution in [2.75, 3.05) is 54.5 Å². The predicted molar refractivity (Wildman–Crippen MR) is 127 cm³/mol. The van der Waals surface area contributed by atoms with Crippen LogP contribution < -0.4 is 14.8 Å². The Balaban J connectivity index is 1.60. The largest absolute Gasteiger partial charge is 0.497 e. The second-order valence-electron chi connectivity index (χ2n) is 7.90. The summed E-state index contributed by atoms with van der Waals surface area (Å²) in [4.78, 5) is 29.1. The van der Waals surface area contributed by atoms with Crippen LogP contribution in [0.25, 0.3) is 0 Å². The van der Waals surface area contributed by atoms with E-state index in [0.29, 0.717) is 48.8 Å². The van der Waals surface area contributed by atoms with Crippen molar-refractivity contribution in [2.45, 2.75) is 11.4 Å². The zero-order valence-corrected chi connectivity index (χ0v) is 20.6. The SMILES string of the molecule is COc1ccc(C(=O)N2CCN(C(=O)NCc3ccccc3S(=O)(=O)N(C)C)CC2)c(OC)c1. The molecule has 1 N–H and O–H groups in total. The highest BCUT2D eigenvalue weighted by Crippen LogP contribution is 2.26. The van der Waals surface area contributed by atoms with Crippen LogP contribution >= 0.6 is 0 Å². The van der Waals surface area contributed by atoms with E-state index in [1.54, 1.807) is 53.3 Å². The fraction of sp³-hybridized carbons (Fsp3) is 0.391. The highest BCUT2D eigenvalue weighted by molar-refractivity contribution is 7.89. The van der Waals surface area contributed by atoms with Gasteiger partial charge >= 0.3 is 6.03 Å². The minimum Gasteiger partial charge on any atom is -0.497 e. The minimum absolute atomic E-state index is 0.0737. The average Bonchev–Trinajstić information content (AvgIpc) is 2.86. The third-order valence-corrected chi connectivity index (χ3v) is 7.57. The van der Waals surface area contributed by atoms with Gasteiger partial charge in [-0.3, -0.25) is 4.79 Å². The Bertz CT molecular complexity index is 1140. The topological polar surface area (TPSA) is 108 Å². The normalized spacial score (nSPS) is 14.1. The van der Waals surface area contributed by atoms with E-state index in [-0.39, 0.29) is 23.4 Å². The zero-order chi connectivity index (χ0) is 24.9. The molecule has 0 spiro atoms. The lowest BCUT2D eigenvalue weighted by Crippen LogP contribution is -2.53. The maximum absolute atomic E-state index is 13.0. The summed E-state index contributed by atoms with van der Waals surface area (Å²) >= 11 is 0. The second-order valence-corrected chi connectivity index (χ2v) is 10.0. The lowest BCUT2D eigenvalue weighted by Gasteiger charge is -2.35. The number of piperazine rings is 1. The number of benzene rings is 2. The molecule has 1 heterocycles. The Hall–Kier alpha value is -3.31. The van der Waals surface area contributed by atoms with Crippen molar-refractivity contribution in [1.82, 2.24) is 19.4 Å². The number of nitrogens with one attached hydrogen (secondary N) is 1. The van der Waals surface area contributed by atoms with Gasteiger partial charge in [-0.1, -0.05) is 18.2 Å². The minimum atomic E-state index is -3.63. The lowest BCUT2D eigenvalue weighted by molar-refractivity contribution is 0.0661. The van der Waals surface area contributed by atoms with Gasteiger partial charge in [0.05, 0.1) is 24.7 Å². The first-order chi connectivity index (χ1) is 16.2. The Labute approximate surface area is 200 Å². The van der Waals surface area contributed by atoms with E-state index in [2.05, 4.69) is 5.32 Å². The highest BCUT2D eigenvalue weighted by Gasteiger charge is 2.27. The fourth-order valence-corrected chi connectivity index (χ4v) is 4.75. The monoisotopic (exact) mass is 490 g/mol. The number of carbonyl (C=O) groups excluding carboxylic acids is 2. The van der Waals surface area contributed by atoms with Crippen LogP contribution in [0, 0.1) is 0 Å². The van der Waals surface area contributed by atoms with Crippen molar-refractivity contribution < 1.29 is 27.5 Å². The number of nitrogens with zero attached hydrogens (tertiary/aromatic N) is 3. The quantitative estimate of drug-likeness (QED) is 0.632. The molecular formula is C23H30N4O6S. The summed E-state index contributed by atoms with van der Waals surface area (Å²) in [5, 5.41) is 2.79. The molecule has 0 aliphatic carbocycles. The summed E-state index contributed by atoms with van der Waals surface area (Å²) in [6, 6.07) is 11.3. The summed E-state index contributed by atoms with van der Waals surface area (Å²) in [6.45, 7) is 1.52. The standard InChI is InChI=1S/C23H30N4O6S/c1-25(2)34(30,31)21-8-6-5-7-17(21)16-24-23(29)27-13-11-26(12-14-27)22(28)19-10-9-18(32-3)15-20(19)33-4/h5-10,15H,11-14,16H2,1-4H3,(H,24,29). The van der Waals surface area contributed by atoms with Crippen molar-refractivity contribution in [3.05, 3.63) is 53.6 Å². The molecule has 1 aliphatic heterocycles. The van der Waals surface area contributed by atoms with E-state index in [0.717, 1.165) is 4.31 Å². The predicted octanol–water partition coefficient (Wildman–Crippen LogP) is 1.62. The number of sulfonamides is 1. The van der Waals surface area contributed by atoms with Crippen molar-refractivity contribution in [2.24, 2.45) is 0 Å². The molecular weight excluding hydrogens is 460 g/mol. The van der Waals surface area contributed by atoms with Gasteiger partial charge in [-0.2, -0.15) is 0 Å². The number of carbonyl (C=O) groups is 2. The summed E-state index contributed by atoms with van der Waals surface area (Å²) < 4.78 is 36.7. The van der Waals surface area contributed by atoms with Gasteiger partial charge in [0, 0.05) is 52.9 Å². The highest BCUT2D eigenvalue weighted by atomic mass is 32.2. The number of urea groups is 1. The molecule has 184 valence electrons. The number of hydrogen-bond donors (Lipinski definition) is 1. The van der Waals surface area contributed by atoms with E-state index in [4.69, 9.17) is 9.47 Å². The molecule has 0 unspecified atom stereocenters. The molecule has 3 amide bonds. The second kappa shape index (κ2) is 10.7. The Morgan fingerprint density at radius 1 is 0.971 bits per heavy atom. The Morgan fingerprint density at radius 2 is 1.62 bits per heavy atom. The zero-order valence-electron chi connectivity index (χ0n) is 19.8. The number of rotatable bonds is 7. The van der Waals surface area contributed by atoms with Crippen LogP contribution in [-0.4, -0.2) is 89.0 Å². The van der Waals surface area contributed by atoms with Crippen LogP contribution in [0.5, 0.6) is 11.5 Å². The van der Waals surface area contributed by atoms with Crippen LogP contribution in [0.1, 0.15) is 15.9 Å². The molecule has 0 radical (unpaired) electrons. The van der Waals surface area contributed by atoms with Gasteiger partial charge in [-0.05, 0) is 23.8 Å². The van der Waals surface area contributed by atoms with Crippen molar-refractivity contribution in [3.63, 3.8) is 0 Å². The summed E-state index contributed by atoms with van der Waals surface area (Å²) in [5.74, 6) is 0.841. The third-order valence-electron chi connectivity index (χ3n) is 5.65. The fourth-order valence-electron chi connectivity index (χ4n) is 3.64. The van der Waals surface area contributed by atoms with Gasteiger partial charge < -0.3 is 24.6 Å². The van der Waals surface area contributed by atoms with E-state index in [1.807, 2.05) is 0 Å². The van der Waals surface area contributed by atoms with Crippen LogP contribution in [0.3, 0.4) is 0 Å². The molecule has 10 nitrogen and oxygen atoms in total. The maximum Gasteiger partial charge on any atom is 0.317 e. The molecule has 2 aromatic rings. The first kappa shape index (κ1) is 25.3. The van der Waals surface area contributed by atoms with Crippen LogP contribution in [0.2, 0.25) is 0 Å². The van der Waals surface area contributed by atoms with Gasteiger partial charge in [0.1, 0.15) is 11.5 Å². The molecule has 3 rings (SSSR count). The third kappa shape index (κ3) is 5.42. The molecule has 1 fully saturated rings. The molecule has 0 aromatic heterocycles. The van der Waals surface area contributed by atoms with Gasteiger partial charge in [-0.15, -0.1) is 0 Å². The average molecular weight is 491 g/mol. The van der Waals surface area contributed by atoms with E-state index >= 15 is 0 Å². The molecule has 0 bridgehead atoms. The van der Waals surface area contributed by atoms with E-state index < -0.39 is 10.0 Å². The summed E-state index contributed by atoms with van der Waals surface area (Å²) in [7, 11) is 2.34. The smallest absolute Gasteiger partial charge is 0.317 e. The Kier molecular flexibility index (Phi) is 8.00. The van der Waals surface area contributed by atoms with Crippen LogP contribution in [0.4, 0.5) is 4.79 Å². The summed E-state index contributed by atoms with van der Waals surface area (Å²) in [6.07, 6.45) is 0. The van der Waals surface area contributed by atoms with E-state index in [9.17, 15) is 18.0 Å². The first-order valence-electron chi connectivity index (χ1n) is 10.7. The van der Waals surface area contributed by atoms with Gasteiger partial charge in [0.2, 0.25) is 10.0 Å². The van der Waals surface area contributed by atoms with Crippen molar-refractivity contribution >= 4 is 22.0 Å². The maximum atomic E-state index is 13.0.